The van der Waals surface area contributed by atoms with Crippen LogP contribution in [0.1, 0.15) is 30.2 Å². The van der Waals surface area contributed by atoms with E-state index >= 15 is 0 Å². The highest BCUT2D eigenvalue weighted by Crippen LogP contribution is 2.18. The summed E-state index contributed by atoms with van der Waals surface area (Å²) in [6.07, 6.45) is 0.465. The average molecular weight is 423 g/mol. The second-order valence-corrected chi connectivity index (χ2v) is 8.84. The van der Waals surface area contributed by atoms with E-state index in [9.17, 15) is 9.59 Å². The van der Waals surface area contributed by atoms with Gasteiger partial charge in [-0.05, 0) is 41.1 Å². The van der Waals surface area contributed by atoms with Gasteiger partial charge in [0.2, 0.25) is 5.91 Å². The Morgan fingerprint density at radius 2 is 1.77 bits per heavy atom. The third kappa shape index (κ3) is 4.46. The molecule has 1 saturated heterocycles. The van der Waals surface area contributed by atoms with E-state index in [-0.39, 0.29) is 11.5 Å². The van der Waals surface area contributed by atoms with Crippen LogP contribution in [0.15, 0.2) is 58.7 Å². The summed E-state index contributed by atoms with van der Waals surface area (Å²) >= 11 is 1.62. The van der Waals surface area contributed by atoms with Gasteiger partial charge in [0.25, 0.3) is 5.56 Å². The second-order valence-electron chi connectivity index (χ2n) is 7.81. The van der Waals surface area contributed by atoms with Crippen molar-refractivity contribution in [1.29, 1.82) is 0 Å². The summed E-state index contributed by atoms with van der Waals surface area (Å²) < 4.78 is 1.45. The number of amides is 1. The van der Waals surface area contributed by atoms with E-state index < -0.39 is 0 Å². The Hall–Kier alpha value is -2.93. The number of anilines is 1. The molecule has 3 aromatic rings. The third-order valence-corrected chi connectivity index (χ3v) is 6.33. The zero-order valence-electron chi connectivity index (χ0n) is 17.3. The topological polar surface area (TPSA) is 58.4 Å². The SMILES string of the molecule is CC(C)c1ccc(-n2nc(N3CCN(C(=O)Cc4cccs4)CC3)ccc2=O)cc1. The number of thiophene rings is 1. The van der Waals surface area contributed by atoms with Crippen molar-refractivity contribution in [3.63, 3.8) is 0 Å². The van der Waals surface area contributed by atoms with Gasteiger partial charge in [-0.1, -0.05) is 32.0 Å². The normalized spacial score (nSPS) is 14.4. The largest absolute Gasteiger partial charge is 0.352 e. The molecule has 156 valence electrons. The number of hydrogen-bond donors (Lipinski definition) is 0. The summed E-state index contributed by atoms with van der Waals surface area (Å²) in [4.78, 5) is 30.1. The molecule has 0 aliphatic carbocycles. The van der Waals surface area contributed by atoms with Crippen molar-refractivity contribution in [3.8, 4) is 5.69 Å². The lowest BCUT2D eigenvalue weighted by atomic mass is 10.0. The molecule has 1 aliphatic heterocycles. The molecule has 2 aromatic heterocycles. The predicted molar refractivity (Wildman–Crippen MR) is 121 cm³/mol. The fraction of sp³-hybridized carbons (Fsp3) is 0.348. The quantitative estimate of drug-likeness (QED) is 0.633. The second kappa shape index (κ2) is 8.83. The summed E-state index contributed by atoms with van der Waals surface area (Å²) in [6, 6.07) is 15.3. The molecule has 6 nitrogen and oxygen atoms in total. The lowest BCUT2D eigenvalue weighted by Gasteiger charge is -2.35. The molecule has 0 bridgehead atoms. The van der Waals surface area contributed by atoms with E-state index in [0.717, 1.165) is 16.4 Å². The summed E-state index contributed by atoms with van der Waals surface area (Å²) in [5.74, 6) is 1.36. The van der Waals surface area contributed by atoms with Crippen molar-refractivity contribution >= 4 is 23.1 Å². The monoisotopic (exact) mass is 422 g/mol. The zero-order valence-corrected chi connectivity index (χ0v) is 18.1. The predicted octanol–water partition coefficient (Wildman–Crippen LogP) is 3.31. The third-order valence-electron chi connectivity index (χ3n) is 5.45. The molecule has 1 fully saturated rings. The molecule has 0 saturated carbocycles. The first-order chi connectivity index (χ1) is 14.5. The van der Waals surface area contributed by atoms with Gasteiger partial charge < -0.3 is 9.80 Å². The fourth-order valence-corrected chi connectivity index (χ4v) is 4.31. The van der Waals surface area contributed by atoms with E-state index in [4.69, 9.17) is 0 Å². The Morgan fingerprint density at radius 3 is 2.40 bits per heavy atom. The van der Waals surface area contributed by atoms with E-state index in [1.165, 1.54) is 10.2 Å². The van der Waals surface area contributed by atoms with Crippen LogP contribution in [0.3, 0.4) is 0 Å². The number of hydrogen-bond acceptors (Lipinski definition) is 5. The number of aromatic nitrogens is 2. The van der Waals surface area contributed by atoms with Gasteiger partial charge >= 0.3 is 0 Å². The Bertz CT molecular complexity index is 1050. The molecule has 30 heavy (non-hydrogen) atoms. The maximum Gasteiger partial charge on any atom is 0.271 e. The first-order valence-corrected chi connectivity index (χ1v) is 11.1. The first-order valence-electron chi connectivity index (χ1n) is 10.3. The molecular weight excluding hydrogens is 396 g/mol. The molecule has 1 amide bonds. The molecule has 0 atom stereocenters. The molecule has 3 heterocycles. The van der Waals surface area contributed by atoms with E-state index in [0.29, 0.717) is 38.5 Å². The average Bonchev–Trinajstić information content (AvgIpc) is 3.27. The van der Waals surface area contributed by atoms with Crippen LogP contribution in [0.5, 0.6) is 0 Å². The van der Waals surface area contributed by atoms with Crippen LogP contribution in [-0.2, 0) is 11.2 Å². The molecule has 0 N–H and O–H groups in total. The summed E-state index contributed by atoms with van der Waals surface area (Å²) in [7, 11) is 0. The van der Waals surface area contributed by atoms with Gasteiger partial charge in [0.05, 0.1) is 12.1 Å². The standard InChI is InChI=1S/C23H26N4O2S/c1-17(2)18-5-7-19(8-6-18)27-22(28)10-9-21(24-27)25-11-13-26(14-12-25)23(29)16-20-4-3-15-30-20/h3-10,15,17H,11-14,16H2,1-2H3. The number of nitrogens with zero attached hydrogens (tertiary/aromatic N) is 4. The molecule has 4 rings (SSSR count). The minimum atomic E-state index is -0.152. The van der Waals surface area contributed by atoms with E-state index in [1.807, 2.05) is 46.7 Å². The highest BCUT2D eigenvalue weighted by molar-refractivity contribution is 7.10. The van der Waals surface area contributed by atoms with Crippen LogP contribution in [0.2, 0.25) is 0 Å². The van der Waals surface area contributed by atoms with Gasteiger partial charge in [0.15, 0.2) is 0 Å². The minimum Gasteiger partial charge on any atom is -0.352 e. The van der Waals surface area contributed by atoms with Gasteiger partial charge in [-0.15, -0.1) is 16.4 Å². The maximum absolute atomic E-state index is 12.5. The lowest BCUT2D eigenvalue weighted by molar-refractivity contribution is -0.130. The lowest BCUT2D eigenvalue weighted by Crippen LogP contribution is -2.49. The van der Waals surface area contributed by atoms with Gasteiger partial charge in [0, 0.05) is 37.1 Å². The maximum atomic E-state index is 12.5. The van der Waals surface area contributed by atoms with Crippen molar-refractivity contribution in [2.24, 2.45) is 0 Å². The van der Waals surface area contributed by atoms with E-state index in [2.05, 4.69) is 23.8 Å². The number of carbonyl (C=O) groups is 1. The number of benzene rings is 1. The van der Waals surface area contributed by atoms with Crippen LogP contribution in [0.4, 0.5) is 5.82 Å². The number of piperazine rings is 1. The van der Waals surface area contributed by atoms with Crippen LogP contribution in [-0.4, -0.2) is 46.8 Å². The van der Waals surface area contributed by atoms with Crippen molar-refractivity contribution in [3.05, 3.63) is 74.7 Å². The van der Waals surface area contributed by atoms with Crippen molar-refractivity contribution in [1.82, 2.24) is 14.7 Å². The highest BCUT2D eigenvalue weighted by atomic mass is 32.1. The highest BCUT2D eigenvalue weighted by Gasteiger charge is 2.22. The van der Waals surface area contributed by atoms with Crippen LogP contribution < -0.4 is 10.5 Å². The smallest absolute Gasteiger partial charge is 0.271 e. The number of carbonyl (C=O) groups excluding carboxylic acids is 1. The molecule has 7 heteroatoms. The van der Waals surface area contributed by atoms with Crippen LogP contribution >= 0.6 is 11.3 Å². The van der Waals surface area contributed by atoms with Gasteiger partial charge in [-0.2, -0.15) is 4.68 Å². The molecule has 0 unspecified atom stereocenters. The van der Waals surface area contributed by atoms with Crippen molar-refractivity contribution < 1.29 is 4.79 Å². The fourth-order valence-electron chi connectivity index (χ4n) is 3.61. The molecule has 1 aromatic carbocycles. The van der Waals surface area contributed by atoms with Crippen LogP contribution in [0.25, 0.3) is 5.69 Å². The molecule has 1 aliphatic rings. The van der Waals surface area contributed by atoms with Gasteiger partial charge in [0.1, 0.15) is 5.82 Å². The first kappa shape index (κ1) is 20.3. The summed E-state index contributed by atoms with van der Waals surface area (Å²) in [5.41, 5.74) is 1.84. The van der Waals surface area contributed by atoms with Crippen molar-refractivity contribution in [2.75, 3.05) is 31.1 Å². The summed E-state index contributed by atoms with van der Waals surface area (Å²) in [5, 5.41) is 6.60. The van der Waals surface area contributed by atoms with Gasteiger partial charge in [-0.25, -0.2) is 0 Å². The van der Waals surface area contributed by atoms with Gasteiger partial charge in [-0.3, -0.25) is 9.59 Å². The van der Waals surface area contributed by atoms with E-state index in [1.54, 1.807) is 23.5 Å². The number of rotatable bonds is 5. The minimum absolute atomic E-state index is 0.152. The molecule has 0 radical (unpaired) electrons. The Kier molecular flexibility index (Phi) is 5.99. The summed E-state index contributed by atoms with van der Waals surface area (Å²) in [6.45, 7) is 7.01. The zero-order chi connectivity index (χ0) is 21.1. The Balaban J connectivity index is 1.44. The molecular formula is C23H26N4O2S. The van der Waals surface area contributed by atoms with Crippen molar-refractivity contribution in [2.45, 2.75) is 26.2 Å². The Labute approximate surface area is 180 Å². The van der Waals surface area contributed by atoms with Crippen LogP contribution in [0, 0.1) is 0 Å². The molecule has 0 spiro atoms. The Morgan fingerprint density at radius 1 is 1.03 bits per heavy atom.